The monoisotopic (exact) mass is 304 g/mol. The molecule has 2 aromatic carbocycles. The predicted molar refractivity (Wildman–Crippen MR) is 79.4 cm³/mol. The van der Waals surface area contributed by atoms with E-state index in [1.807, 2.05) is 13.1 Å². The maximum atomic E-state index is 5.70. The van der Waals surface area contributed by atoms with Crippen LogP contribution in [0.25, 0.3) is 0 Å². The normalized spacial score (nSPS) is 12.4. The third-order valence-electron chi connectivity index (χ3n) is 3.02. The number of hydrogen-bond donors (Lipinski definition) is 2. The Morgan fingerprint density at radius 1 is 1.17 bits per heavy atom. The zero-order valence-corrected chi connectivity index (χ0v) is 11.9. The molecule has 18 heavy (non-hydrogen) atoms. The van der Waals surface area contributed by atoms with Crippen molar-refractivity contribution in [3.8, 4) is 0 Å². The lowest BCUT2D eigenvalue weighted by Gasteiger charge is -2.19. The fourth-order valence-electron chi connectivity index (χ4n) is 2.11. The van der Waals surface area contributed by atoms with Crippen molar-refractivity contribution in [3.05, 3.63) is 69.7 Å². The van der Waals surface area contributed by atoms with Gasteiger partial charge in [-0.3, -0.25) is 0 Å². The molecule has 1 unspecified atom stereocenters. The maximum absolute atomic E-state index is 5.70. The topological polar surface area (TPSA) is 38.0 Å². The number of hydrogen-bond acceptors (Lipinski definition) is 2. The molecule has 1 atom stereocenters. The van der Waals surface area contributed by atoms with Gasteiger partial charge in [0.15, 0.2) is 0 Å². The number of halogens is 1. The molecule has 0 aliphatic heterocycles. The molecule has 0 bridgehead atoms. The molecular weight excluding hydrogens is 288 g/mol. The van der Waals surface area contributed by atoms with E-state index in [0.717, 1.165) is 10.0 Å². The molecule has 0 aromatic heterocycles. The Labute approximate surface area is 116 Å². The van der Waals surface area contributed by atoms with E-state index in [4.69, 9.17) is 5.73 Å². The van der Waals surface area contributed by atoms with Crippen LogP contribution in [0.2, 0.25) is 0 Å². The Bertz CT molecular complexity index is 525. The standard InChI is InChI=1S/C15H17BrN2/c1-18-15(13-7-2-3-8-14(13)16)12-6-4-5-11(9-12)10-17/h2-9,15,18H,10,17H2,1H3. The molecule has 0 spiro atoms. The van der Waals surface area contributed by atoms with Gasteiger partial charge in [-0.1, -0.05) is 58.4 Å². The van der Waals surface area contributed by atoms with Crippen molar-refractivity contribution in [2.24, 2.45) is 5.73 Å². The van der Waals surface area contributed by atoms with E-state index < -0.39 is 0 Å². The van der Waals surface area contributed by atoms with Gasteiger partial charge in [-0.25, -0.2) is 0 Å². The summed E-state index contributed by atoms with van der Waals surface area (Å²) in [5.74, 6) is 0. The molecule has 2 nitrogen and oxygen atoms in total. The SMILES string of the molecule is CNC(c1cccc(CN)c1)c1ccccc1Br. The first-order valence-corrected chi connectivity index (χ1v) is 6.76. The predicted octanol–water partition coefficient (Wildman–Crippen LogP) is 3.22. The fraction of sp³-hybridized carbons (Fsp3) is 0.200. The summed E-state index contributed by atoms with van der Waals surface area (Å²) in [5.41, 5.74) is 9.31. The van der Waals surface area contributed by atoms with Crippen LogP contribution >= 0.6 is 15.9 Å². The Hall–Kier alpha value is -1.16. The molecule has 0 saturated heterocycles. The smallest absolute Gasteiger partial charge is 0.0585 e. The average molecular weight is 305 g/mol. The highest BCUT2D eigenvalue weighted by atomic mass is 79.9. The third kappa shape index (κ3) is 2.80. The fourth-order valence-corrected chi connectivity index (χ4v) is 2.62. The van der Waals surface area contributed by atoms with Gasteiger partial charge >= 0.3 is 0 Å². The van der Waals surface area contributed by atoms with Crippen molar-refractivity contribution < 1.29 is 0 Å². The Morgan fingerprint density at radius 3 is 2.61 bits per heavy atom. The van der Waals surface area contributed by atoms with E-state index in [-0.39, 0.29) is 6.04 Å². The third-order valence-corrected chi connectivity index (χ3v) is 3.75. The van der Waals surface area contributed by atoms with Gasteiger partial charge in [-0.05, 0) is 29.8 Å². The minimum Gasteiger partial charge on any atom is -0.326 e. The van der Waals surface area contributed by atoms with E-state index >= 15 is 0 Å². The second kappa shape index (κ2) is 6.14. The Balaban J connectivity index is 2.42. The quantitative estimate of drug-likeness (QED) is 0.910. The van der Waals surface area contributed by atoms with Gasteiger partial charge in [0.25, 0.3) is 0 Å². The zero-order valence-electron chi connectivity index (χ0n) is 10.4. The molecule has 0 aliphatic carbocycles. The van der Waals surface area contributed by atoms with Crippen LogP contribution in [0, 0.1) is 0 Å². The van der Waals surface area contributed by atoms with E-state index in [1.165, 1.54) is 11.1 Å². The van der Waals surface area contributed by atoms with E-state index in [9.17, 15) is 0 Å². The molecule has 3 N–H and O–H groups in total. The molecule has 2 rings (SSSR count). The summed E-state index contributed by atoms with van der Waals surface area (Å²) in [6.07, 6.45) is 0. The maximum Gasteiger partial charge on any atom is 0.0585 e. The number of nitrogens with two attached hydrogens (primary N) is 1. The van der Waals surface area contributed by atoms with Gasteiger partial charge in [0.05, 0.1) is 6.04 Å². The summed E-state index contributed by atoms with van der Waals surface area (Å²) in [7, 11) is 1.97. The largest absolute Gasteiger partial charge is 0.326 e. The van der Waals surface area contributed by atoms with E-state index in [2.05, 4.69) is 63.7 Å². The first-order chi connectivity index (χ1) is 8.76. The molecule has 0 radical (unpaired) electrons. The Kier molecular flexibility index (Phi) is 4.53. The highest BCUT2D eigenvalue weighted by molar-refractivity contribution is 9.10. The van der Waals surface area contributed by atoms with Crippen LogP contribution in [-0.2, 0) is 6.54 Å². The summed E-state index contributed by atoms with van der Waals surface area (Å²) >= 11 is 3.61. The highest BCUT2D eigenvalue weighted by Gasteiger charge is 2.14. The average Bonchev–Trinajstić information content (AvgIpc) is 2.42. The molecule has 0 amide bonds. The van der Waals surface area contributed by atoms with Gasteiger partial charge in [-0.2, -0.15) is 0 Å². The van der Waals surface area contributed by atoms with Crippen LogP contribution in [-0.4, -0.2) is 7.05 Å². The summed E-state index contributed by atoms with van der Waals surface area (Å²) in [4.78, 5) is 0. The van der Waals surface area contributed by atoms with E-state index in [1.54, 1.807) is 0 Å². The summed E-state index contributed by atoms with van der Waals surface area (Å²) in [6.45, 7) is 0.570. The lowest BCUT2D eigenvalue weighted by atomic mass is 9.97. The number of rotatable bonds is 4. The molecule has 0 heterocycles. The van der Waals surface area contributed by atoms with Crippen molar-refractivity contribution >= 4 is 15.9 Å². The molecule has 94 valence electrons. The molecule has 0 saturated carbocycles. The van der Waals surface area contributed by atoms with E-state index in [0.29, 0.717) is 6.54 Å². The second-order valence-corrected chi connectivity index (χ2v) is 5.05. The molecule has 2 aromatic rings. The molecule has 0 fully saturated rings. The van der Waals surface area contributed by atoms with Gasteiger partial charge in [-0.15, -0.1) is 0 Å². The molecule has 3 heteroatoms. The van der Waals surface area contributed by atoms with Crippen molar-refractivity contribution in [1.29, 1.82) is 0 Å². The van der Waals surface area contributed by atoms with Gasteiger partial charge < -0.3 is 11.1 Å². The molecular formula is C15H17BrN2. The van der Waals surface area contributed by atoms with Crippen LogP contribution in [0.4, 0.5) is 0 Å². The van der Waals surface area contributed by atoms with Crippen LogP contribution in [0.15, 0.2) is 53.0 Å². The summed E-state index contributed by atoms with van der Waals surface area (Å²) in [5, 5.41) is 3.36. The van der Waals surface area contributed by atoms with Crippen LogP contribution in [0.5, 0.6) is 0 Å². The van der Waals surface area contributed by atoms with Crippen molar-refractivity contribution in [2.75, 3.05) is 7.05 Å². The lowest BCUT2D eigenvalue weighted by molar-refractivity contribution is 0.688. The second-order valence-electron chi connectivity index (χ2n) is 4.19. The van der Waals surface area contributed by atoms with Gasteiger partial charge in [0, 0.05) is 11.0 Å². The first-order valence-electron chi connectivity index (χ1n) is 5.97. The number of benzene rings is 2. The number of nitrogens with one attached hydrogen (secondary N) is 1. The Morgan fingerprint density at radius 2 is 1.94 bits per heavy atom. The van der Waals surface area contributed by atoms with Gasteiger partial charge in [0.1, 0.15) is 0 Å². The minimum absolute atomic E-state index is 0.173. The molecule has 0 aliphatic rings. The van der Waals surface area contributed by atoms with Crippen molar-refractivity contribution in [2.45, 2.75) is 12.6 Å². The van der Waals surface area contributed by atoms with Crippen LogP contribution < -0.4 is 11.1 Å². The summed E-state index contributed by atoms with van der Waals surface area (Å²) in [6, 6.07) is 16.8. The van der Waals surface area contributed by atoms with Gasteiger partial charge in [0.2, 0.25) is 0 Å². The van der Waals surface area contributed by atoms with Crippen LogP contribution in [0.3, 0.4) is 0 Å². The van der Waals surface area contributed by atoms with Crippen molar-refractivity contribution in [1.82, 2.24) is 5.32 Å². The minimum atomic E-state index is 0.173. The highest BCUT2D eigenvalue weighted by Crippen LogP contribution is 2.28. The lowest BCUT2D eigenvalue weighted by Crippen LogP contribution is -2.18. The van der Waals surface area contributed by atoms with Crippen LogP contribution in [0.1, 0.15) is 22.7 Å². The summed E-state index contributed by atoms with van der Waals surface area (Å²) < 4.78 is 1.11. The van der Waals surface area contributed by atoms with Crippen molar-refractivity contribution in [3.63, 3.8) is 0 Å². The zero-order chi connectivity index (χ0) is 13.0. The first kappa shape index (κ1) is 13.3.